The van der Waals surface area contributed by atoms with Gasteiger partial charge in [0.1, 0.15) is 10.7 Å². The molecule has 2 rings (SSSR count). The van der Waals surface area contributed by atoms with Gasteiger partial charge in [0.25, 0.3) is 5.91 Å². The molecular weight excluding hydrogens is 291 g/mol. The minimum Gasteiger partial charge on any atom is -0.375 e. The normalized spacial score (nSPS) is 10.6. The third kappa shape index (κ3) is 2.90. The molecule has 0 spiro atoms. The van der Waals surface area contributed by atoms with Gasteiger partial charge in [-0.3, -0.25) is 4.79 Å². The van der Waals surface area contributed by atoms with E-state index < -0.39 is 23.4 Å². The highest BCUT2D eigenvalue weighted by molar-refractivity contribution is 7.17. The quantitative estimate of drug-likeness (QED) is 0.855. The van der Waals surface area contributed by atoms with Crippen molar-refractivity contribution in [1.82, 2.24) is 10.3 Å². The molecule has 1 heterocycles. The minimum atomic E-state index is -1.30. The molecule has 0 saturated carbocycles. The lowest BCUT2D eigenvalue weighted by atomic mass is 10.2. The maximum atomic E-state index is 13.4. The van der Waals surface area contributed by atoms with Crippen LogP contribution in [0.2, 0.25) is 0 Å². The van der Waals surface area contributed by atoms with Crippen LogP contribution in [0, 0.1) is 24.4 Å². The Morgan fingerprint density at radius 3 is 2.70 bits per heavy atom. The molecule has 4 nitrogen and oxygen atoms in total. The Hall–Kier alpha value is -2.09. The standard InChI is InChI=1S/C12H10F3N3OS/c1-5-10(20-12(16)18-5)11(19)17-4-6-2-7(13)3-8(14)9(6)15/h2-3H,4H2,1H3,(H2,16,18)(H,17,19). The summed E-state index contributed by atoms with van der Waals surface area (Å²) in [6, 6.07) is 1.27. The van der Waals surface area contributed by atoms with Crippen LogP contribution >= 0.6 is 11.3 Å². The lowest BCUT2D eigenvalue weighted by Crippen LogP contribution is -2.23. The maximum absolute atomic E-state index is 13.4. The van der Waals surface area contributed by atoms with Crippen molar-refractivity contribution in [2.24, 2.45) is 0 Å². The fraction of sp³-hybridized carbons (Fsp3) is 0.167. The Labute approximate surface area is 116 Å². The van der Waals surface area contributed by atoms with Gasteiger partial charge >= 0.3 is 0 Å². The van der Waals surface area contributed by atoms with Gasteiger partial charge in [-0.15, -0.1) is 0 Å². The summed E-state index contributed by atoms with van der Waals surface area (Å²) >= 11 is 0.981. The topological polar surface area (TPSA) is 68.0 Å². The molecule has 3 N–H and O–H groups in total. The predicted octanol–water partition coefficient (Wildman–Crippen LogP) is 2.38. The van der Waals surface area contributed by atoms with Crippen molar-refractivity contribution in [3.8, 4) is 0 Å². The van der Waals surface area contributed by atoms with Crippen molar-refractivity contribution in [2.45, 2.75) is 13.5 Å². The Balaban J connectivity index is 2.13. The molecule has 1 amide bonds. The number of hydrogen-bond acceptors (Lipinski definition) is 4. The van der Waals surface area contributed by atoms with E-state index >= 15 is 0 Å². The summed E-state index contributed by atoms with van der Waals surface area (Å²) in [5.74, 6) is -3.92. The first-order valence-electron chi connectivity index (χ1n) is 5.53. The van der Waals surface area contributed by atoms with Crippen LogP contribution in [-0.4, -0.2) is 10.9 Å². The van der Waals surface area contributed by atoms with E-state index in [2.05, 4.69) is 10.3 Å². The number of hydrogen-bond donors (Lipinski definition) is 2. The third-order valence-corrected chi connectivity index (χ3v) is 3.51. The van der Waals surface area contributed by atoms with Crippen molar-refractivity contribution in [1.29, 1.82) is 0 Å². The highest BCUT2D eigenvalue weighted by Gasteiger charge is 2.16. The number of nitrogen functional groups attached to an aromatic ring is 1. The number of thiazole rings is 1. The molecule has 0 bridgehead atoms. The fourth-order valence-electron chi connectivity index (χ4n) is 1.62. The molecule has 106 valence electrons. The molecule has 0 atom stereocenters. The molecule has 0 radical (unpaired) electrons. The molecule has 1 aromatic carbocycles. The highest BCUT2D eigenvalue weighted by atomic mass is 32.1. The SMILES string of the molecule is Cc1nc(N)sc1C(=O)NCc1cc(F)cc(F)c1F. The second-order valence-electron chi connectivity index (χ2n) is 4.01. The first kappa shape index (κ1) is 14.3. The van der Waals surface area contributed by atoms with E-state index in [0.717, 1.165) is 17.4 Å². The first-order chi connectivity index (χ1) is 9.38. The van der Waals surface area contributed by atoms with E-state index in [9.17, 15) is 18.0 Å². The molecule has 0 fully saturated rings. The third-order valence-electron chi connectivity index (χ3n) is 2.53. The molecule has 0 unspecified atom stereocenters. The maximum Gasteiger partial charge on any atom is 0.263 e. The van der Waals surface area contributed by atoms with Crippen molar-refractivity contribution in [3.05, 3.63) is 45.7 Å². The zero-order valence-electron chi connectivity index (χ0n) is 10.3. The summed E-state index contributed by atoms with van der Waals surface area (Å²) in [5, 5.41) is 2.60. The van der Waals surface area contributed by atoms with Crippen LogP contribution in [0.3, 0.4) is 0 Å². The monoisotopic (exact) mass is 301 g/mol. The molecule has 0 saturated heterocycles. The van der Waals surface area contributed by atoms with Crippen LogP contribution in [0.4, 0.5) is 18.3 Å². The second-order valence-corrected chi connectivity index (χ2v) is 5.04. The van der Waals surface area contributed by atoms with Crippen molar-refractivity contribution in [3.63, 3.8) is 0 Å². The summed E-state index contributed by atoms with van der Waals surface area (Å²) in [6.07, 6.45) is 0. The van der Waals surface area contributed by atoms with Crippen LogP contribution < -0.4 is 11.1 Å². The smallest absolute Gasteiger partial charge is 0.263 e. The Morgan fingerprint density at radius 2 is 2.10 bits per heavy atom. The lowest BCUT2D eigenvalue weighted by molar-refractivity contribution is 0.0953. The highest BCUT2D eigenvalue weighted by Crippen LogP contribution is 2.20. The van der Waals surface area contributed by atoms with Gasteiger partial charge in [0, 0.05) is 18.2 Å². The number of anilines is 1. The lowest BCUT2D eigenvalue weighted by Gasteiger charge is -2.06. The van der Waals surface area contributed by atoms with Gasteiger partial charge in [-0.05, 0) is 13.0 Å². The second kappa shape index (κ2) is 5.49. The largest absolute Gasteiger partial charge is 0.375 e. The van der Waals surface area contributed by atoms with Gasteiger partial charge in [-0.1, -0.05) is 11.3 Å². The van der Waals surface area contributed by atoms with Gasteiger partial charge < -0.3 is 11.1 Å². The van der Waals surface area contributed by atoms with Gasteiger partial charge in [0.15, 0.2) is 16.8 Å². The molecule has 0 aliphatic carbocycles. The average Bonchev–Trinajstić information content (AvgIpc) is 2.71. The summed E-state index contributed by atoms with van der Waals surface area (Å²) < 4.78 is 39.4. The molecule has 0 aliphatic heterocycles. The number of aryl methyl sites for hydroxylation is 1. The summed E-state index contributed by atoms with van der Waals surface area (Å²) in [7, 11) is 0. The first-order valence-corrected chi connectivity index (χ1v) is 6.34. The van der Waals surface area contributed by atoms with E-state index in [0.29, 0.717) is 11.8 Å². The van der Waals surface area contributed by atoms with Crippen molar-refractivity contribution in [2.75, 3.05) is 5.73 Å². The van der Waals surface area contributed by atoms with Gasteiger partial charge in [0.2, 0.25) is 0 Å². The Morgan fingerprint density at radius 1 is 1.40 bits per heavy atom. The number of nitrogens with two attached hydrogens (primary N) is 1. The summed E-state index contributed by atoms with van der Waals surface area (Å²) in [4.78, 5) is 16.0. The van der Waals surface area contributed by atoms with E-state index in [1.54, 1.807) is 6.92 Å². The molecule has 20 heavy (non-hydrogen) atoms. The average molecular weight is 301 g/mol. The van der Waals surface area contributed by atoms with Gasteiger partial charge in [0.05, 0.1) is 5.69 Å². The summed E-state index contributed by atoms with van der Waals surface area (Å²) in [5.41, 5.74) is 5.62. The molecule has 0 aliphatic rings. The van der Waals surface area contributed by atoms with Gasteiger partial charge in [-0.2, -0.15) is 0 Å². The Bertz CT molecular complexity index is 672. The van der Waals surface area contributed by atoms with Crippen LogP contribution in [0.25, 0.3) is 0 Å². The van der Waals surface area contributed by atoms with E-state index in [-0.39, 0.29) is 22.1 Å². The number of carbonyl (C=O) groups is 1. The number of amides is 1. The van der Waals surface area contributed by atoms with E-state index in [1.165, 1.54) is 0 Å². The molecule has 1 aromatic heterocycles. The summed E-state index contributed by atoms with van der Waals surface area (Å²) in [6.45, 7) is 1.26. The van der Waals surface area contributed by atoms with Crippen LogP contribution in [0.1, 0.15) is 20.9 Å². The molecule has 2 aromatic rings. The number of rotatable bonds is 3. The number of benzene rings is 1. The molecular formula is C12H10F3N3OS. The predicted molar refractivity (Wildman–Crippen MR) is 68.7 cm³/mol. The van der Waals surface area contributed by atoms with Crippen LogP contribution in [-0.2, 0) is 6.54 Å². The van der Waals surface area contributed by atoms with Gasteiger partial charge in [-0.25, -0.2) is 18.2 Å². The molecule has 8 heteroatoms. The van der Waals surface area contributed by atoms with Crippen molar-refractivity contribution < 1.29 is 18.0 Å². The zero-order chi connectivity index (χ0) is 14.9. The zero-order valence-corrected chi connectivity index (χ0v) is 11.2. The number of aromatic nitrogens is 1. The van der Waals surface area contributed by atoms with Crippen LogP contribution in [0.15, 0.2) is 12.1 Å². The number of halogens is 3. The number of nitrogens with zero attached hydrogens (tertiary/aromatic N) is 1. The van der Waals surface area contributed by atoms with Crippen LogP contribution in [0.5, 0.6) is 0 Å². The Kier molecular flexibility index (Phi) is 3.93. The number of carbonyl (C=O) groups excluding carboxylic acids is 1. The van der Waals surface area contributed by atoms with E-state index in [4.69, 9.17) is 5.73 Å². The fourth-order valence-corrected chi connectivity index (χ4v) is 2.37. The minimum absolute atomic E-state index is 0.232. The number of nitrogens with one attached hydrogen (secondary N) is 1. The van der Waals surface area contributed by atoms with Crippen molar-refractivity contribution >= 4 is 22.4 Å². The van der Waals surface area contributed by atoms with E-state index in [1.807, 2.05) is 0 Å².